The second-order valence-electron chi connectivity index (χ2n) is 5.32. The van der Waals surface area contributed by atoms with Crippen LogP contribution < -0.4 is 5.73 Å². The molecule has 1 heterocycles. The lowest BCUT2D eigenvalue weighted by atomic mass is 10.0. The van der Waals surface area contributed by atoms with Crippen LogP contribution in [0.15, 0.2) is 76.3 Å². The largest absolute Gasteiger partial charge is 0.452 e. The van der Waals surface area contributed by atoms with Crippen LogP contribution in [-0.2, 0) is 0 Å². The molecule has 4 aromatic rings. The molecular formula is C19H14N2O2. The highest BCUT2D eigenvalue weighted by atomic mass is 16.4. The second kappa shape index (κ2) is 5.18. The Bertz CT molecular complexity index is 1030. The summed E-state index contributed by atoms with van der Waals surface area (Å²) in [4.78, 5) is 0. The van der Waals surface area contributed by atoms with Gasteiger partial charge in [0.1, 0.15) is 5.58 Å². The summed E-state index contributed by atoms with van der Waals surface area (Å²) in [6.07, 6.45) is 0. The molecule has 0 radical (unpaired) electrons. The van der Waals surface area contributed by atoms with E-state index in [1.54, 1.807) is 0 Å². The van der Waals surface area contributed by atoms with Gasteiger partial charge in [0, 0.05) is 5.56 Å². The SMILES string of the molecule is Nc1c(/C(=N/O)c2ccccc2)oc2ccc3ccccc3c12. The molecule has 0 atom stereocenters. The predicted octanol–water partition coefficient (Wildman–Crippen LogP) is 4.39. The summed E-state index contributed by atoms with van der Waals surface area (Å²) >= 11 is 0. The van der Waals surface area contributed by atoms with Gasteiger partial charge in [0.05, 0.1) is 11.1 Å². The van der Waals surface area contributed by atoms with E-state index in [9.17, 15) is 5.21 Å². The van der Waals surface area contributed by atoms with Crippen LogP contribution in [0.1, 0.15) is 11.3 Å². The summed E-state index contributed by atoms with van der Waals surface area (Å²) in [5, 5.41) is 15.8. The summed E-state index contributed by atoms with van der Waals surface area (Å²) in [7, 11) is 0. The lowest BCUT2D eigenvalue weighted by Crippen LogP contribution is -2.04. The fourth-order valence-corrected chi connectivity index (χ4v) is 2.90. The van der Waals surface area contributed by atoms with E-state index in [2.05, 4.69) is 5.16 Å². The van der Waals surface area contributed by atoms with Crippen LogP contribution in [0.5, 0.6) is 0 Å². The Labute approximate surface area is 132 Å². The number of anilines is 1. The van der Waals surface area contributed by atoms with E-state index >= 15 is 0 Å². The molecule has 0 saturated carbocycles. The Morgan fingerprint density at radius 3 is 2.43 bits per heavy atom. The Morgan fingerprint density at radius 2 is 1.65 bits per heavy atom. The zero-order valence-electron chi connectivity index (χ0n) is 12.2. The van der Waals surface area contributed by atoms with Gasteiger partial charge in [-0.25, -0.2) is 0 Å². The first-order valence-electron chi connectivity index (χ1n) is 7.27. The number of benzene rings is 3. The van der Waals surface area contributed by atoms with Crippen molar-refractivity contribution in [2.45, 2.75) is 0 Å². The van der Waals surface area contributed by atoms with Crippen molar-refractivity contribution < 1.29 is 9.62 Å². The lowest BCUT2D eigenvalue weighted by Gasteiger charge is -2.02. The Morgan fingerprint density at radius 1 is 0.913 bits per heavy atom. The van der Waals surface area contributed by atoms with Gasteiger partial charge in [0.2, 0.25) is 0 Å². The highest BCUT2D eigenvalue weighted by molar-refractivity contribution is 6.21. The number of hydrogen-bond donors (Lipinski definition) is 2. The minimum absolute atomic E-state index is 0.323. The molecule has 112 valence electrons. The maximum Gasteiger partial charge on any atom is 0.180 e. The highest BCUT2D eigenvalue weighted by Gasteiger charge is 2.20. The first-order chi connectivity index (χ1) is 11.3. The third-order valence-electron chi connectivity index (χ3n) is 3.98. The zero-order valence-corrected chi connectivity index (χ0v) is 12.2. The van der Waals surface area contributed by atoms with Gasteiger partial charge >= 0.3 is 0 Å². The Balaban J connectivity index is 2.02. The van der Waals surface area contributed by atoms with Crippen molar-refractivity contribution in [1.29, 1.82) is 0 Å². The quantitative estimate of drug-likeness (QED) is 0.327. The van der Waals surface area contributed by atoms with Crippen molar-refractivity contribution in [2.75, 3.05) is 5.73 Å². The normalized spacial score (nSPS) is 12.1. The summed E-state index contributed by atoms with van der Waals surface area (Å²) in [6, 6.07) is 21.2. The van der Waals surface area contributed by atoms with Gasteiger partial charge in [-0.2, -0.15) is 0 Å². The number of nitrogens with zero attached hydrogens (tertiary/aromatic N) is 1. The fraction of sp³-hybridized carbons (Fsp3) is 0. The minimum Gasteiger partial charge on any atom is -0.452 e. The van der Waals surface area contributed by atoms with Crippen molar-refractivity contribution in [1.82, 2.24) is 0 Å². The van der Waals surface area contributed by atoms with Crippen LogP contribution in [-0.4, -0.2) is 10.9 Å². The van der Waals surface area contributed by atoms with Gasteiger partial charge in [-0.05, 0) is 16.8 Å². The zero-order chi connectivity index (χ0) is 15.8. The van der Waals surface area contributed by atoms with Crippen molar-refractivity contribution >= 4 is 33.1 Å². The molecule has 3 aromatic carbocycles. The van der Waals surface area contributed by atoms with Gasteiger partial charge in [-0.1, -0.05) is 65.8 Å². The molecule has 0 saturated heterocycles. The Kier molecular flexibility index (Phi) is 3.01. The van der Waals surface area contributed by atoms with E-state index in [1.807, 2.05) is 66.7 Å². The van der Waals surface area contributed by atoms with Crippen LogP contribution in [0.2, 0.25) is 0 Å². The predicted molar refractivity (Wildman–Crippen MR) is 92.0 cm³/mol. The monoisotopic (exact) mass is 302 g/mol. The minimum atomic E-state index is 0.323. The standard InChI is InChI=1S/C19H14N2O2/c20-17-16-14-9-5-4-6-12(14)10-11-15(16)23-19(17)18(21-22)13-7-2-1-3-8-13/h1-11,22H,20H2/b21-18+. The molecule has 3 N–H and O–H groups in total. The van der Waals surface area contributed by atoms with Gasteiger partial charge in [-0.15, -0.1) is 0 Å². The van der Waals surface area contributed by atoms with Gasteiger partial charge in [0.15, 0.2) is 11.5 Å². The van der Waals surface area contributed by atoms with E-state index in [0.29, 0.717) is 22.7 Å². The molecule has 4 heteroatoms. The topological polar surface area (TPSA) is 71.8 Å². The van der Waals surface area contributed by atoms with Gasteiger partial charge < -0.3 is 15.4 Å². The summed E-state index contributed by atoms with van der Waals surface area (Å²) in [5.74, 6) is 0.380. The van der Waals surface area contributed by atoms with Crippen molar-refractivity contribution in [3.05, 3.63) is 78.1 Å². The fourth-order valence-electron chi connectivity index (χ4n) is 2.90. The average Bonchev–Trinajstić information content (AvgIpc) is 2.94. The maximum atomic E-state index is 9.47. The highest BCUT2D eigenvalue weighted by Crippen LogP contribution is 2.35. The molecule has 0 aliphatic heterocycles. The van der Waals surface area contributed by atoms with E-state index in [4.69, 9.17) is 10.2 Å². The first kappa shape index (κ1) is 13.4. The number of nitrogen functional groups attached to an aromatic ring is 1. The van der Waals surface area contributed by atoms with Crippen molar-refractivity contribution in [3.63, 3.8) is 0 Å². The van der Waals surface area contributed by atoms with E-state index in [0.717, 1.165) is 21.7 Å². The Hall–Kier alpha value is -3.27. The van der Waals surface area contributed by atoms with E-state index < -0.39 is 0 Å². The van der Waals surface area contributed by atoms with E-state index in [1.165, 1.54) is 0 Å². The molecule has 0 amide bonds. The molecule has 0 unspecified atom stereocenters. The second-order valence-corrected chi connectivity index (χ2v) is 5.32. The first-order valence-corrected chi connectivity index (χ1v) is 7.27. The summed E-state index contributed by atoms with van der Waals surface area (Å²) in [5.41, 5.74) is 8.55. The third kappa shape index (κ3) is 2.04. The maximum absolute atomic E-state index is 9.47. The molecule has 0 aliphatic carbocycles. The molecule has 1 aromatic heterocycles. The molecule has 23 heavy (non-hydrogen) atoms. The number of furan rings is 1. The number of oxime groups is 1. The van der Waals surface area contributed by atoms with Crippen LogP contribution in [0.25, 0.3) is 21.7 Å². The summed E-state index contributed by atoms with van der Waals surface area (Å²) < 4.78 is 5.90. The van der Waals surface area contributed by atoms with Gasteiger partial charge in [0.25, 0.3) is 0 Å². The molecule has 0 fully saturated rings. The molecular weight excluding hydrogens is 288 g/mol. The molecule has 0 aliphatic rings. The average molecular weight is 302 g/mol. The molecule has 0 spiro atoms. The number of nitrogens with two attached hydrogens (primary N) is 1. The van der Waals surface area contributed by atoms with Crippen molar-refractivity contribution in [2.24, 2.45) is 5.16 Å². The molecule has 0 bridgehead atoms. The van der Waals surface area contributed by atoms with E-state index in [-0.39, 0.29) is 0 Å². The van der Waals surface area contributed by atoms with Crippen LogP contribution in [0.3, 0.4) is 0 Å². The third-order valence-corrected chi connectivity index (χ3v) is 3.98. The van der Waals surface area contributed by atoms with Gasteiger partial charge in [-0.3, -0.25) is 0 Å². The number of hydrogen-bond acceptors (Lipinski definition) is 4. The lowest BCUT2D eigenvalue weighted by molar-refractivity contribution is 0.318. The van der Waals surface area contributed by atoms with Crippen LogP contribution in [0, 0.1) is 0 Å². The molecule has 4 nitrogen and oxygen atoms in total. The number of rotatable bonds is 2. The van der Waals surface area contributed by atoms with Crippen LogP contribution >= 0.6 is 0 Å². The van der Waals surface area contributed by atoms with Crippen molar-refractivity contribution in [3.8, 4) is 0 Å². The van der Waals surface area contributed by atoms with Crippen LogP contribution in [0.4, 0.5) is 5.69 Å². The number of fused-ring (bicyclic) bond motifs is 3. The summed E-state index contributed by atoms with van der Waals surface area (Å²) in [6.45, 7) is 0. The smallest absolute Gasteiger partial charge is 0.180 e. The molecule has 4 rings (SSSR count).